The lowest BCUT2D eigenvalue weighted by Gasteiger charge is -2.42. The highest BCUT2D eigenvalue weighted by atomic mass is 16.3. The van der Waals surface area contributed by atoms with Crippen molar-refractivity contribution in [2.75, 3.05) is 6.54 Å². The molecule has 3 rings (SSSR count). The van der Waals surface area contributed by atoms with E-state index in [-0.39, 0.29) is 6.04 Å². The number of aryl methyl sites for hydroxylation is 1. The van der Waals surface area contributed by atoms with E-state index in [1.54, 1.807) is 0 Å². The van der Waals surface area contributed by atoms with Gasteiger partial charge in [0.05, 0.1) is 6.04 Å². The SMILES string of the molecule is C=C(O)C1CC2CC(CCCc3nn[nH]n3)CCC2CN1. The normalized spacial score (nSPS) is 32.6. The number of rotatable bonds is 5. The first kappa shape index (κ1) is 14.5. The van der Waals surface area contributed by atoms with Crippen molar-refractivity contribution in [2.45, 2.75) is 51.0 Å². The van der Waals surface area contributed by atoms with E-state index in [1.807, 2.05) is 0 Å². The zero-order valence-corrected chi connectivity index (χ0v) is 12.5. The van der Waals surface area contributed by atoms with Gasteiger partial charge in [0.25, 0.3) is 0 Å². The van der Waals surface area contributed by atoms with Crippen LogP contribution in [0.15, 0.2) is 12.3 Å². The molecule has 1 aliphatic carbocycles. The molecule has 6 heteroatoms. The molecule has 2 heterocycles. The molecule has 4 atom stereocenters. The van der Waals surface area contributed by atoms with Gasteiger partial charge in [-0.2, -0.15) is 5.21 Å². The molecule has 0 spiro atoms. The minimum Gasteiger partial charge on any atom is -0.511 e. The standard InChI is InChI=1S/C15H25N5O/c1-10(21)14-8-13-7-11(5-6-12(13)9-16-14)3-2-4-15-17-19-20-18-15/h11-14,16,21H,1-9H2,(H,17,18,19,20). The van der Waals surface area contributed by atoms with Crippen molar-refractivity contribution in [1.29, 1.82) is 0 Å². The average molecular weight is 291 g/mol. The highest BCUT2D eigenvalue weighted by molar-refractivity contribution is 5.01. The van der Waals surface area contributed by atoms with E-state index in [0.29, 0.717) is 5.76 Å². The summed E-state index contributed by atoms with van der Waals surface area (Å²) in [7, 11) is 0. The zero-order valence-electron chi connectivity index (χ0n) is 12.5. The van der Waals surface area contributed by atoms with Gasteiger partial charge in [-0.05, 0) is 50.0 Å². The zero-order chi connectivity index (χ0) is 14.7. The second-order valence-electron chi connectivity index (χ2n) is 6.61. The van der Waals surface area contributed by atoms with Crippen LogP contribution in [0.3, 0.4) is 0 Å². The smallest absolute Gasteiger partial charge is 0.174 e. The quantitative estimate of drug-likeness (QED) is 0.722. The second kappa shape index (κ2) is 6.56. The van der Waals surface area contributed by atoms with Crippen LogP contribution < -0.4 is 5.32 Å². The molecular formula is C15H25N5O. The summed E-state index contributed by atoms with van der Waals surface area (Å²) in [6, 6.07) is 0.101. The fourth-order valence-electron chi connectivity index (χ4n) is 4.01. The third-order valence-corrected chi connectivity index (χ3v) is 5.22. The maximum Gasteiger partial charge on any atom is 0.174 e. The number of aliphatic hydroxyl groups is 1. The first-order valence-electron chi connectivity index (χ1n) is 8.06. The van der Waals surface area contributed by atoms with Gasteiger partial charge in [-0.3, -0.25) is 0 Å². The summed E-state index contributed by atoms with van der Waals surface area (Å²) in [6.45, 7) is 4.72. The van der Waals surface area contributed by atoms with Crippen molar-refractivity contribution in [3.8, 4) is 0 Å². The van der Waals surface area contributed by atoms with E-state index in [9.17, 15) is 5.11 Å². The number of H-pyrrole nitrogens is 1. The molecule has 4 unspecified atom stereocenters. The molecule has 1 saturated heterocycles. The summed E-state index contributed by atoms with van der Waals surface area (Å²) in [5.41, 5.74) is 0. The molecule has 6 nitrogen and oxygen atoms in total. The Morgan fingerprint density at radius 2 is 2.19 bits per heavy atom. The molecule has 1 aromatic heterocycles. The van der Waals surface area contributed by atoms with Gasteiger partial charge in [0.2, 0.25) is 0 Å². The molecule has 1 aliphatic heterocycles. The van der Waals surface area contributed by atoms with Crippen LogP contribution in [0, 0.1) is 17.8 Å². The Kier molecular flexibility index (Phi) is 4.53. The molecule has 1 aromatic rings. The number of nitrogens with one attached hydrogen (secondary N) is 2. The van der Waals surface area contributed by atoms with E-state index in [1.165, 1.54) is 25.7 Å². The summed E-state index contributed by atoms with van der Waals surface area (Å²) in [4.78, 5) is 0. The number of aromatic amines is 1. The van der Waals surface area contributed by atoms with Gasteiger partial charge < -0.3 is 10.4 Å². The Morgan fingerprint density at radius 3 is 2.95 bits per heavy atom. The predicted octanol–water partition coefficient (Wildman–Crippen LogP) is 1.99. The van der Waals surface area contributed by atoms with Gasteiger partial charge in [-0.1, -0.05) is 24.6 Å². The van der Waals surface area contributed by atoms with E-state index in [2.05, 4.69) is 32.5 Å². The Balaban J connectivity index is 1.45. The minimum atomic E-state index is 0.101. The van der Waals surface area contributed by atoms with Gasteiger partial charge in [-0.25, -0.2) is 0 Å². The topological polar surface area (TPSA) is 86.7 Å². The summed E-state index contributed by atoms with van der Waals surface area (Å²) in [6.07, 6.45) is 8.28. The molecule has 1 saturated carbocycles. The fourth-order valence-corrected chi connectivity index (χ4v) is 4.01. The van der Waals surface area contributed by atoms with Crippen LogP contribution in [0.1, 0.15) is 44.3 Å². The summed E-state index contributed by atoms with van der Waals surface area (Å²) in [5, 5.41) is 27.1. The summed E-state index contributed by atoms with van der Waals surface area (Å²) in [5.74, 6) is 3.46. The molecular weight excluding hydrogens is 266 g/mol. The number of hydrogen-bond donors (Lipinski definition) is 3. The monoisotopic (exact) mass is 291 g/mol. The maximum absolute atomic E-state index is 9.60. The largest absolute Gasteiger partial charge is 0.511 e. The average Bonchev–Trinajstić information content (AvgIpc) is 2.99. The fraction of sp³-hybridized carbons (Fsp3) is 0.800. The minimum absolute atomic E-state index is 0.101. The third kappa shape index (κ3) is 3.61. The maximum atomic E-state index is 9.60. The Hall–Kier alpha value is -1.43. The van der Waals surface area contributed by atoms with Crippen molar-refractivity contribution in [1.82, 2.24) is 25.9 Å². The van der Waals surface area contributed by atoms with Crippen LogP contribution in [0.2, 0.25) is 0 Å². The lowest BCUT2D eigenvalue weighted by Crippen LogP contribution is -2.46. The molecule has 0 bridgehead atoms. The number of nitrogens with zero attached hydrogens (tertiary/aromatic N) is 3. The van der Waals surface area contributed by atoms with E-state index < -0.39 is 0 Å². The molecule has 0 radical (unpaired) electrons. The Morgan fingerprint density at radius 1 is 1.29 bits per heavy atom. The van der Waals surface area contributed by atoms with Crippen LogP contribution in [0.25, 0.3) is 0 Å². The van der Waals surface area contributed by atoms with Gasteiger partial charge in [0.1, 0.15) is 5.76 Å². The third-order valence-electron chi connectivity index (χ3n) is 5.22. The van der Waals surface area contributed by atoms with Crippen LogP contribution in [0.5, 0.6) is 0 Å². The van der Waals surface area contributed by atoms with Gasteiger partial charge in [0, 0.05) is 6.42 Å². The van der Waals surface area contributed by atoms with E-state index in [4.69, 9.17) is 0 Å². The van der Waals surface area contributed by atoms with E-state index >= 15 is 0 Å². The van der Waals surface area contributed by atoms with Crippen LogP contribution in [-0.2, 0) is 6.42 Å². The molecule has 0 amide bonds. The predicted molar refractivity (Wildman–Crippen MR) is 79.6 cm³/mol. The lowest BCUT2D eigenvalue weighted by atomic mass is 9.68. The molecule has 2 fully saturated rings. The molecule has 2 aliphatic rings. The van der Waals surface area contributed by atoms with Gasteiger partial charge in [0.15, 0.2) is 5.82 Å². The summed E-state index contributed by atoms with van der Waals surface area (Å²) < 4.78 is 0. The lowest BCUT2D eigenvalue weighted by molar-refractivity contribution is 0.110. The number of hydrogen-bond acceptors (Lipinski definition) is 5. The van der Waals surface area contributed by atoms with Crippen molar-refractivity contribution in [3.63, 3.8) is 0 Å². The second-order valence-corrected chi connectivity index (χ2v) is 6.61. The van der Waals surface area contributed by atoms with Crippen LogP contribution >= 0.6 is 0 Å². The first-order valence-corrected chi connectivity index (χ1v) is 8.06. The Labute approximate surface area is 125 Å². The van der Waals surface area contributed by atoms with Crippen molar-refractivity contribution >= 4 is 0 Å². The van der Waals surface area contributed by atoms with Crippen LogP contribution in [0.4, 0.5) is 0 Å². The van der Waals surface area contributed by atoms with Crippen LogP contribution in [-0.4, -0.2) is 38.3 Å². The van der Waals surface area contributed by atoms with Crippen molar-refractivity contribution in [2.24, 2.45) is 17.8 Å². The number of piperidine rings is 1. The number of aromatic nitrogens is 4. The van der Waals surface area contributed by atoms with Gasteiger partial charge >= 0.3 is 0 Å². The number of tetrazole rings is 1. The molecule has 0 aromatic carbocycles. The molecule has 21 heavy (non-hydrogen) atoms. The number of fused-ring (bicyclic) bond motifs is 1. The number of aliphatic hydroxyl groups excluding tert-OH is 1. The summed E-state index contributed by atoms with van der Waals surface area (Å²) >= 11 is 0. The van der Waals surface area contributed by atoms with Crippen molar-refractivity contribution in [3.05, 3.63) is 18.2 Å². The molecule has 3 N–H and O–H groups in total. The molecule has 116 valence electrons. The Bertz CT molecular complexity index is 461. The highest BCUT2D eigenvalue weighted by Gasteiger charge is 2.35. The van der Waals surface area contributed by atoms with Gasteiger partial charge in [-0.15, -0.1) is 10.2 Å². The van der Waals surface area contributed by atoms with Crippen molar-refractivity contribution < 1.29 is 5.11 Å². The first-order chi connectivity index (χ1) is 10.2. The highest BCUT2D eigenvalue weighted by Crippen LogP contribution is 2.40. The van der Waals surface area contributed by atoms with E-state index in [0.717, 1.165) is 49.4 Å².